The Morgan fingerprint density at radius 1 is 1.28 bits per heavy atom. The van der Waals surface area contributed by atoms with Gasteiger partial charge in [-0.25, -0.2) is 0 Å². The van der Waals surface area contributed by atoms with Crippen LogP contribution in [0.4, 0.5) is 0 Å². The SMILES string of the molecule is CCCC(C)NCC1C(O)C(O)C2C(O)CCN12. The van der Waals surface area contributed by atoms with Crippen molar-refractivity contribution in [2.45, 2.75) is 69.5 Å². The molecule has 2 saturated heterocycles. The summed E-state index contributed by atoms with van der Waals surface area (Å²) in [6.45, 7) is 5.72. The third kappa shape index (κ3) is 2.56. The fourth-order valence-corrected chi connectivity index (χ4v) is 3.35. The van der Waals surface area contributed by atoms with Crippen molar-refractivity contribution < 1.29 is 15.3 Å². The Morgan fingerprint density at radius 3 is 2.67 bits per heavy atom. The zero-order chi connectivity index (χ0) is 13.3. The number of hydrogen-bond donors (Lipinski definition) is 4. The van der Waals surface area contributed by atoms with Crippen molar-refractivity contribution in [3.8, 4) is 0 Å². The van der Waals surface area contributed by atoms with Crippen LogP contribution in [-0.4, -0.2) is 69.7 Å². The molecule has 0 aliphatic carbocycles. The molecule has 18 heavy (non-hydrogen) atoms. The first-order valence-electron chi connectivity index (χ1n) is 7.09. The van der Waals surface area contributed by atoms with Crippen molar-refractivity contribution in [2.75, 3.05) is 13.1 Å². The summed E-state index contributed by atoms with van der Waals surface area (Å²) < 4.78 is 0. The molecule has 6 atom stereocenters. The normalized spacial score (nSPS) is 42.2. The largest absolute Gasteiger partial charge is 0.391 e. The number of nitrogens with one attached hydrogen (secondary N) is 1. The Labute approximate surface area is 109 Å². The van der Waals surface area contributed by atoms with Gasteiger partial charge < -0.3 is 20.6 Å². The average molecular weight is 258 g/mol. The summed E-state index contributed by atoms with van der Waals surface area (Å²) in [6.07, 6.45) is 0.844. The Balaban J connectivity index is 1.92. The molecule has 0 spiro atoms. The number of hydrogen-bond acceptors (Lipinski definition) is 5. The molecule has 2 heterocycles. The maximum atomic E-state index is 10.1. The van der Waals surface area contributed by atoms with Crippen LogP contribution < -0.4 is 5.32 Å². The summed E-state index contributed by atoms with van der Waals surface area (Å²) in [4.78, 5) is 2.06. The monoisotopic (exact) mass is 258 g/mol. The Kier molecular flexibility index (Phi) is 4.61. The molecule has 106 valence electrons. The van der Waals surface area contributed by atoms with Crippen molar-refractivity contribution in [1.29, 1.82) is 0 Å². The molecular weight excluding hydrogens is 232 g/mol. The van der Waals surface area contributed by atoms with Crippen molar-refractivity contribution in [3.05, 3.63) is 0 Å². The molecule has 6 unspecified atom stereocenters. The van der Waals surface area contributed by atoms with Gasteiger partial charge in [-0.1, -0.05) is 13.3 Å². The van der Waals surface area contributed by atoms with Gasteiger partial charge in [0, 0.05) is 19.1 Å². The highest BCUT2D eigenvalue weighted by molar-refractivity contribution is 5.07. The average Bonchev–Trinajstić information content (AvgIpc) is 2.80. The number of aliphatic hydroxyl groups excluding tert-OH is 3. The number of fused-ring (bicyclic) bond motifs is 1. The lowest BCUT2D eigenvalue weighted by atomic mass is 10.0. The van der Waals surface area contributed by atoms with Crippen LogP contribution in [0.1, 0.15) is 33.1 Å². The minimum absolute atomic E-state index is 0.0820. The predicted octanol–water partition coefficient (Wildman–Crippen LogP) is -0.696. The van der Waals surface area contributed by atoms with E-state index in [0.29, 0.717) is 19.0 Å². The molecule has 0 aromatic heterocycles. The number of nitrogens with zero attached hydrogens (tertiary/aromatic N) is 1. The van der Waals surface area contributed by atoms with E-state index in [0.717, 1.165) is 19.4 Å². The van der Waals surface area contributed by atoms with Crippen LogP contribution in [0.3, 0.4) is 0 Å². The van der Waals surface area contributed by atoms with Gasteiger partial charge in [0.15, 0.2) is 0 Å². The van der Waals surface area contributed by atoms with E-state index in [-0.39, 0.29) is 12.1 Å². The van der Waals surface area contributed by atoms with E-state index < -0.39 is 18.3 Å². The first-order valence-corrected chi connectivity index (χ1v) is 7.09. The summed E-state index contributed by atoms with van der Waals surface area (Å²) in [5.74, 6) is 0. The molecule has 0 saturated carbocycles. The maximum absolute atomic E-state index is 10.1. The van der Waals surface area contributed by atoms with E-state index in [2.05, 4.69) is 24.1 Å². The highest BCUT2D eigenvalue weighted by Crippen LogP contribution is 2.33. The lowest BCUT2D eigenvalue weighted by molar-refractivity contribution is 0.00333. The molecule has 0 aromatic carbocycles. The van der Waals surface area contributed by atoms with Gasteiger partial charge in [0.05, 0.1) is 30.4 Å². The van der Waals surface area contributed by atoms with Crippen molar-refractivity contribution in [1.82, 2.24) is 10.2 Å². The van der Waals surface area contributed by atoms with Crippen LogP contribution in [0.15, 0.2) is 0 Å². The summed E-state index contributed by atoms with van der Waals surface area (Å²) in [6, 6.07) is 0.0562. The summed E-state index contributed by atoms with van der Waals surface area (Å²) in [5, 5.41) is 33.3. The van der Waals surface area contributed by atoms with Crippen molar-refractivity contribution >= 4 is 0 Å². The van der Waals surface area contributed by atoms with E-state index in [4.69, 9.17) is 0 Å². The van der Waals surface area contributed by atoms with Gasteiger partial charge in [-0.3, -0.25) is 4.90 Å². The van der Waals surface area contributed by atoms with Crippen LogP contribution in [0.2, 0.25) is 0 Å². The molecule has 2 aliphatic heterocycles. The highest BCUT2D eigenvalue weighted by atomic mass is 16.3. The lowest BCUT2D eigenvalue weighted by Crippen LogP contribution is -2.46. The molecule has 5 nitrogen and oxygen atoms in total. The van der Waals surface area contributed by atoms with Gasteiger partial charge in [0.1, 0.15) is 0 Å². The second kappa shape index (κ2) is 5.84. The molecule has 0 aromatic rings. The van der Waals surface area contributed by atoms with Crippen LogP contribution in [0.5, 0.6) is 0 Å². The van der Waals surface area contributed by atoms with Gasteiger partial charge in [-0.05, 0) is 19.8 Å². The fraction of sp³-hybridized carbons (Fsp3) is 1.00. The predicted molar refractivity (Wildman–Crippen MR) is 69.3 cm³/mol. The number of aliphatic hydroxyl groups is 3. The van der Waals surface area contributed by atoms with Crippen LogP contribution in [0.25, 0.3) is 0 Å². The molecule has 2 aliphatic rings. The van der Waals surface area contributed by atoms with Crippen molar-refractivity contribution in [2.24, 2.45) is 0 Å². The van der Waals surface area contributed by atoms with Gasteiger partial charge >= 0.3 is 0 Å². The second-order valence-corrected chi connectivity index (χ2v) is 5.73. The number of rotatable bonds is 5. The van der Waals surface area contributed by atoms with E-state index in [1.165, 1.54) is 0 Å². The van der Waals surface area contributed by atoms with Crippen LogP contribution in [-0.2, 0) is 0 Å². The quantitative estimate of drug-likeness (QED) is 0.525. The van der Waals surface area contributed by atoms with Gasteiger partial charge in [0.2, 0.25) is 0 Å². The fourth-order valence-electron chi connectivity index (χ4n) is 3.35. The zero-order valence-electron chi connectivity index (χ0n) is 11.3. The van der Waals surface area contributed by atoms with Crippen LogP contribution in [0, 0.1) is 0 Å². The zero-order valence-corrected chi connectivity index (χ0v) is 11.3. The topological polar surface area (TPSA) is 76.0 Å². The molecular formula is C13H26N2O3. The van der Waals surface area contributed by atoms with Gasteiger partial charge in [0.25, 0.3) is 0 Å². The minimum Gasteiger partial charge on any atom is -0.391 e. The molecule has 2 fully saturated rings. The summed E-state index contributed by atoms with van der Waals surface area (Å²) >= 11 is 0. The minimum atomic E-state index is -0.823. The third-order valence-electron chi connectivity index (χ3n) is 4.38. The van der Waals surface area contributed by atoms with E-state index in [9.17, 15) is 15.3 Å². The van der Waals surface area contributed by atoms with E-state index in [1.54, 1.807) is 0 Å². The Hall–Kier alpha value is -0.200. The Bertz CT molecular complexity index is 277. The van der Waals surface area contributed by atoms with Gasteiger partial charge in [-0.15, -0.1) is 0 Å². The van der Waals surface area contributed by atoms with E-state index >= 15 is 0 Å². The molecule has 4 N–H and O–H groups in total. The summed E-state index contributed by atoms with van der Waals surface area (Å²) in [5.41, 5.74) is 0. The maximum Gasteiger partial charge on any atom is 0.0995 e. The lowest BCUT2D eigenvalue weighted by Gasteiger charge is -2.26. The van der Waals surface area contributed by atoms with Gasteiger partial charge in [-0.2, -0.15) is 0 Å². The molecule has 0 bridgehead atoms. The molecule has 0 amide bonds. The third-order valence-corrected chi connectivity index (χ3v) is 4.38. The molecule has 2 rings (SSSR count). The molecule has 5 heteroatoms. The van der Waals surface area contributed by atoms with E-state index in [1.807, 2.05) is 0 Å². The van der Waals surface area contributed by atoms with Crippen molar-refractivity contribution in [3.63, 3.8) is 0 Å². The highest BCUT2D eigenvalue weighted by Gasteiger charge is 2.52. The second-order valence-electron chi connectivity index (χ2n) is 5.73. The van der Waals surface area contributed by atoms with Crippen LogP contribution >= 0.6 is 0 Å². The standard InChI is InChI=1S/C13H26N2O3/c1-3-4-8(2)14-7-9-12(17)13(18)11-10(16)5-6-15(9)11/h8-14,16-18H,3-7H2,1-2H3. The first-order chi connectivity index (χ1) is 8.56. The Morgan fingerprint density at radius 2 is 2.00 bits per heavy atom. The smallest absolute Gasteiger partial charge is 0.0995 e. The summed E-state index contributed by atoms with van der Waals surface area (Å²) in [7, 11) is 0. The molecule has 0 radical (unpaired) electrons. The first kappa shape index (κ1) is 14.2.